The van der Waals surface area contributed by atoms with Gasteiger partial charge in [-0.2, -0.15) is 13.2 Å². The first-order valence-electron chi connectivity index (χ1n) is 9.70. The highest BCUT2D eigenvalue weighted by Gasteiger charge is 2.39. The van der Waals surface area contributed by atoms with E-state index >= 15 is 0 Å². The van der Waals surface area contributed by atoms with E-state index in [0.717, 1.165) is 36.4 Å². The molecule has 0 bridgehead atoms. The van der Waals surface area contributed by atoms with E-state index in [9.17, 15) is 13.2 Å². The lowest BCUT2D eigenvalue weighted by Crippen LogP contribution is -2.48. The Morgan fingerprint density at radius 1 is 1.14 bits per heavy atom. The fourth-order valence-electron chi connectivity index (χ4n) is 4.05. The van der Waals surface area contributed by atoms with Crippen LogP contribution in [0.2, 0.25) is 0 Å². The zero-order valence-corrected chi connectivity index (χ0v) is 16.9. The molecule has 154 valence electrons. The topological polar surface area (TPSA) is 24.5 Å². The van der Waals surface area contributed by atoms with Crippen molar-refractivity contribution >= 4 is 0 Å². The van der Waals surface area contributed by atoms with Crippen molar-refractivity contribution in [1.82, 2.24) is 10.2 Å². The number of alkyl halides is 3. The zero-order valence-electron chi connectivity index (χ0n) is 16.9. The Morgan fingerprint density at radius 2 is 1.82 bits per heavy atom. The molecule has 0 amide bonds. The minimum atomic E-state index is -4.30. The Kier molecular flexibility index (Phi) is 5.80. The highest BCUT2D eigenvalue weighted by Crippen LogP contribution is 2.45. The molecule has 1 aromatic carbocycles. The van der Waals surface area contributed by atoms with Gasteiger partial charge >= 0.3 is 6.18 Å². The summed E-state index contributed by atoms with van der Waals surface area (Å²) in [6.07, 6.45) is 1.54. The summed E-state index contributed by atoms with van der Waals surface area (Å²) in [6, 6.07) is 5.67. The van der Waals surface area contributed by atoms with Crippen molar-refractivity contribution in [2.45, 2.75) is 44.3 Å². The van der Waals surface area contributed by atoms with E-state index in [1.54, 1.807) is 12.1 Å². The molecule has 1 aliphatic heterocycles. The number of halogens is 3. The Hall–Kier alpha value is -1.95. The molecule has 1 heterocycles. The van der Waals surface area contributed by atoms with Crippen LogP contribution in [0.5, 0.6) is 0 Å². The van der Waals surface area contributed by atoms with Gasteiger partial charge in [0.25, 0.3) is 0 Å². The summed E-state index contributed by atoms with van der Waals surface area (Å²) in [5, 5.41) is 3.61. The quantitative estimate of drug-likeness (QED) is 0.767. The van der Waals surface area contributed by atoms with Crippen molar-refractivity contribution in [3.63, 3.8) is 0 Å². The number of nitrogens with one attached hydrogen (secondary N) is 1. The molecule has 6 heteroatoms. The maximum Gasteiger partial charge on any atom is 0.416 e. The highest BCUT2D eigenvalue weighted by atomic mass is 19.4. The Balaban J connectivity index is 1.79. The number of hydrogen-bond donors (Lipinski definition) is 1. The number of rotatable bonds is 5. The third-order valence-electron chi connectivity index (χ3n) is 5.44. The highest BCUT2D eigenvalue weighted by molar-refractivity contribution is 5.35. The van der Waals surface area contributed by atoms with E-state index in [4.69, 9.17) is 4.74 Å². The minimum Gasteiger partial charge on any atom is -0.493 e. The zero-order chi connectivity index (χ0) is 20.5. The molecule has 3 rings (SSSR count). The van der Waals surface area contributed by atoms with Gasteiger partial charge in [-0.15, -0.1) is 0 Å². The summed E-state index contributed by atoms with van der Waals surface area (Å²) in [5.41, 5.74) is 1.34. The van der Waals surface area contributed by atoms with Gasteiger partial charge < -0.3 is 15.0 Å². The first-order valence-corrected chi connectivity index (χ1v) is 9.70. The second-order valence-corrected chi connectivity index (χ2v) is 8.64. The fourth-order valence-corrected chi connectivity index (χ4v) is 4.05. The van der Waals surface area contributed by atoms with Gasteiger partial charge in [0.15, 0.2) is 0 Å². The molecule has 2 aliphatic rings. The lowest BCUT2D eigenvalue weighted by atomic mass is 9.70. The number of likely N-dealkylation sites (N-methyl/N-ethyl adjacent to an activating group) is 1. The number of fused-ring (bicyclic) bond motifs is 1. The first kappa shape index (κ1) is 20.8. The first-order chi connectivity index (χ1) is 13.0. The molecule has 3 nitrogen and oxygen atoms in total. The van der Waals surface area contributed by atoms with Gasteiger partial charge in [0, 0.05) is 23.7 Å². The van der Waals surface area contributed by atoms with Crippen LogP contribution in [0.25, 0.3) is 0 Å². The number of allylic oxidation sites excluding steroid dienone is 3. The van der Waals surface area contributed by atoms with E-state index in [1.807, 2.05) is 14.1 Å². The standard InChI is InChI=1S/C22H29F3N2O/c1-21(2)14-19(15-5-7-16(8-6-15)22(23,24)25)18-10-9-17(13-20(18)26-21)28-12-11-27(3)4/h5-9,13,18-19,26H,10-12,14H2,1-4H3. The number of piperidine rings is 1. The molecule has 28 heavy (non-hydrogen) atoms. The summed E-state index contributed by atoms with van der Waals surface area (Å²) in [4.78, 5) is 2.07. The molecule has 1 N–H and O–H groups in total. The molecule has 2 unspecified atom stereocenters. The molecule has 0 spiro atoms. The van der Waals surface area contributed by atoms with Crippen molar-refractivity contribution in [2.75, 3.05) is 27.2 Å². The van der Waals surface area contributed by atoms with Crippen LogP contribution in [0, 0.1) is 5.92 Å². The van der Waals surface area contributed by atoms with Crippen LogP contribution >= 0.6 is 0 Å². The van der Waals surface area contributed by atoms with Crippen LogP contribution in [-0.4, -0.2) is 37.7 Å². The number of benzene rings is 1. The normalized spacial score (nSPS) is 24.1. The van der Waals surface area contributed by atoms with Crippen LogP contribution < -0.4 is 5.32 Å². The van der Waals surface area contributed by atoms with Gasteiger partial charge in [0.1, 0.15) is 12.4 Å². The SMILES string of the molecule is CN(C)CCOC1=CCC2C(=C1)NC(C)(C)CC2c1ccc(C(F)(F)F)cc1. The molecule has 1 saturated heterocycles. The number of hydrogen-bond acceptors (Lipinski definition) is 3. The molecule has 1 fully saturated rings. The van der Waals surface area contributed by atoms with Gasteiger partial charge in [0.05, 0.1) is 5.56 Å². The molecule has 0 aromatic heterocycles. The molecule has 0 saturated carbocycles. The van der Waals surface area contributed by atoms with Crippen LogP contribution in [0.3, 0.4) is 0 Å². The van der Waals surface area contributed by atoms with Crippen LogP contribution in [0.1, 0.15) is 43.7 Å². The van der Waals surface area contributed by atoms with Crippen molar-refractivity contribution < 1.29 is 17.9 Å². The molecular formula is C22H29F3N2O. The third kappa shape index (κ3) is 4.90. The summed E-state index contributed by atoms with van der Waals surface area (Å²) in [6.45, 7) is 5.73. The van der Waals surface area contributed by atoms with E-state index in [1.165, 1.54) is 12.1 Å². The van der Waals surface area contributed by atoms with E-state index in [0.29, 0.717) is 6.61 Å². The van der Waals surface area contributed by atoms with Crippen molar-refractivity contribution in [3.05, 3.63) is 59.0 Å². The minimum absolute atomic E-state index is 0.137. The van der Waals surface area contributed by atoms with Crippen LogP contribution in [0.4, 0.5) is 13.2 Å². The summed E-state index contributed by atoms with van der Waals surface area (Å²) in [5.74, 6) is 1.26. The molecule has 2 atom stereocenters. The molecule has 1 aromatic rings. The number of ether oxygens (including phenoxy) is 1. The Morgan fingerprint density at radius 3 is 2.43 bits per heavy atom. The van der Waals surface area contributed by atoms with Gasteiger partial charge in [-0.25, -0.2) is 0 Å². The van der Waals surface area contributed by atoms with Crippen molar-refractivity contribution in [3.8, 4) is 0 Å². The number of nitrogens with zero attached hydrogens (tertiary/aromatic N) is 1. The predicted octanol–water partition coefficient (Wildman–Crippen LogP) is 4.93. The monoisotopic (exact) mass is 394 g/mol. The van der Waals surface area contributed by atoms with Crippen molar-refractivity contribution in [2.24, 2.45) is 5.92 Å². The van der Waals surface area contributed by atoms with Gasteiger partial charge in [-0.1, -0.05) is 12.1 Å². The average Bonchev–Trinajstić information content (AvgIpc) is 2.59. The van der Waals surface area contributed by atoms with Crippen LogP contribution in [0.15, 0.2) is 47.9 Å². The van der Waals surface area contributed by atoms with E-state index in [-0.39, 0.29) is 17.4 Å². The summed E-state index contributed by atoms with van der Waals surface area (Å²) >= 11 is 0. The lowest BCUT2D eigenvalue weighted by Gasteiger charge is -2.45. The Bertz CT molecular complexity index is 748. The second-order valence-electron chi connectivity index (χ2n) is 8.64. The lowest BCUT2D eigenvalue weighted by molar-refractivity contribution is -0.137. The maximum atomic E-state index is 12.9. The maximum absolute atomic E-state index is 12.9. The molecule has 0 radical (unpaired) electrons. The fraction of sp³-hybridized carbons (Fsp3) is 0.545. The molecular weight excluding hydrogens is 365 g/mol. The second kappa shape index (κ2) is 7.82. The van der Waals surface area contributed by atoms with Gasteiger partial charge in [-0.3, -0.25) is 0 Å². The third-order valence-corrected chi connectivity index (χ3v) is 5.44. The largest absolute Gasteiger partial charge is 0.493 e. The predicted molar refractivity (Wildman–Crippen MR) is 105 cm³/mol. The van der Waals surface area contributed by atoms with Crippen molar-refractivity contribution in [1.29, 1.82) is 0 Å². The summed E-state index contributed by atoms with van der Waals surface area (Å²) in [7, 11) is 4.01. The van der Waals surface area contributed by atoms with Crippen LogP contribution in [-0.2, 0) is 10.9 Å². The van der Waals surface area contributed by atoms with Gasteiger partial charge in [0.2, 0.25) is 0 Å². The van der Waals surface area contributed by atoms with Gasteiger partial charge in [-0.05, 0) is 76.6 Å². The smallest absolute Gasteiger partial charge is 0.416 e. The Labute approximate surface area is 165 Å². The molecule has 1 aliphatic carbocycles. The van der Waals surface area contributed by atoms with E-state index < -0.39 is 11.7 Å². The average molecular weight is 394 g/mol. The van der Waals surface area contributed by atoms with E-state index in [2.05, 4.69) is 36.2 Å². The summed E-state index contributed by atoms with van der Waals surface area (Å²) < 4.78 is 44.6.